The molecule has 0 aromatic carbocycles. The van der Waals surface area contributed by atoms with E-state index in [9.17, 15) is 0 Å². The van der Waals surface area contributed by atoms with E-state index in [2.05, 4.69) is 55.4 Å². The van der Waals surface area contributed by atoms with Gasteiger partial charge in [-0.25, -0.2) is 0 Å². The lowest BCUT2D eigenvalue weighted by Crippen LogP contribution is -2.16. The van der Waals surface area contributed by atoms with Crippen LogP contribution in [-0.4, -0.2) is 46.2 Å². The van der Waals surface area contributed by atoms with Gasteiger partial charge in [-0.1, -0.05) is 67.7 Å². The molecule has 5 atom stereocenters. The SMILES string of the molecule is CCC(C)CO/C=C(\C)COCC(C)COCC(C)CCCC(C)COCC(C)CC. The summed E-state index contributed by atoms with van der Waals surface area (Å²) in [5, 5.41) is 0. The fourth-order valence-electron chi connectivity index (χ4n) is 3.02. The second-order valence-corrected chi connectivity index (χ2v) is 10.2. The van der Waals surface area contributed by atoms with Gasteiger partial charge in [0.2, 0.25) is 0 Å². The molecule has 0 aromatic heterocycles. The molecule has 0 saturated heterocycles. The molecule has 5 unspecified atom stereocenters. The summed E-state index contributed by atoms with van der Waals surface area (Å²) in [7, 11) is 0. The fourth-order valence-corrected chi connectivity index (χ4v) is 3.02. The average molecular weight is 443 g/mol. The van der Waals surface area contributed by atoms with E-state index >= 15 is 0 Å². The maximum absolute atomic E-state index is 5.94. The van der Waals surface area contributed by atoms with E-state index in [1.807, 2.05) is 6.26 Å². The molecule has 0 aromatic rings. The van der Waals surface area contributed by atoms with Gasteiger partial charge < -0.3 is 18.9 Å². The van der Waals surface area contributed by atoms with Gasteiger partial charge in [0.15, 0.2) is 0 Å². The summed E-state index contributed by atoms with van der Waals surface area (Å²) >= 11 is 0. The van der Waals surface area contributed by atoms with Crippen LogP contribution in [-0.2, 0) is 18.9 Å². The molecule has 0 N–H and O–H groups in total. The molecule has 0 saturated carbocycles. The van der Waals surface area contributed by atoms with E-state index < -0.39 is 0 Å². The Balaban J connectivity index is 3.67. The highest BCUT2D eigenvalue weighted by molar-refractivity contribution is 4.93. The minimum absolute atomic E-state index is 0.406. The zero-order chi connectivity index (χ0) is 23.5. The summed E-state index contributed by atoms with van der Waals surface area (Å²) < 4.78 is 23.2. The van der Waals surface area contributed by atoms with Crippen LogP contribution in [0.5, 0.6) is 0 Å². The summed E-state index contributed by atoms with van der Waals surface area (Å²) in [4.78, 5) is 0. The molecular weight excluding hydrogens is 388 g/mol. The molecule has 0 heterocycles. The van der Waals surface area contributed by atoms with Crippen LogP contribution in [0.15, 0.2) is 11.8 Å². The second-order valence-electron chi connectivity index (χ2n) is 10.2. The number of hydrogen-bond donors (Lipinski definition) is 0. The first-order chi connectivity index (χ1) is 14.8. The van der Waals surface area contributed by atoms with E-state index in [1.165, 1.54) is 25.7 Å². The predicted octanol–water partition coefficient (Wildman–Crippen LogP) is 7.13. The van der Waals surface area contributed by atoms with E-state index in [-0.39, 0.29) is 0 Å². The lowest BCUT2D eigenvalue weighted by molar-refractivity contribution is 0.0379. The molecule has 31 heavy (non-hydrogen) atoms. The van der Waals surface area contributed by atoms with Crippen molar-refractivity contribution in [2.24, 2.45) is 29.6 Å². The van der Waals surface area contributed by atoms with Crippen LogP contribution in [0.25, 0.3) is 0 Å². The van der Waals surface area contributed by atoms with Gasteiger partial charge in [-0.2, -0.15) is 0 Å². The standard InChI is InChI=1S/C27H54O4/c1-9-22(3)14-28-16-24(5)12-11-13-25(6)17-30-19-27(8)21-31-20-26(7)18-29-15-23(4)10-2/h18,22-25,27H,9-17,19-21H2,1-8H3/b26-18+. The minimum atomic E-state index is 0.406. The highest BCUT2D eigenvalue weighted by Crippen LogP contribution is 2.15. The Morgan fingerprint density at radius 1 is 0.613 bits per heavy atom. The molecule has 0 bridgehead atoms. The predicted molar refractivity (Wildman–Crippen MR) is 132 cm³/mol. The number of hydrogen-bond acceptors (Lipinski definition) is 4. The molecule has 186 valence electrons. The molecule has 0 radical (unpaired) electrons. The molecule has 0 rings (SSSR count). The maximum Gasteiger partial charge on any atom is 0.0898 e. The number of ether oxygens (including phenoxy) is 4. The van der Waals surface area contributed by atoms with Crippen LogP contribution in [0.1, 0.15) is 87.5 Å². The quantitative estimate of drug-likeness (QED) is 0.177. The highest BCUT2D eigenvalue weighted by atomic mass is 16.5. The first-order valence-electron chi connectivity index (χ1n) is 12.8. The molecular formula is C27H54O4. The highest BCUT2D eigenvalue weighted by Gasteiger charge is 2.09. The molecule has 4 nitrogen and oxygen atoms in total. The van der Waals surface area contributed by atoms with Gasteiger partial charge in [0, 0.05) is 25.7 Å². The molecule has 0 fully saturated rings. The smallest absolute Gasteiger partial charge is 0.0898 e. The summed E-state index contributed by atoms with van der Waals surface area (Å²) in [6.45, 7) is 23.2. The van der Waals surface area contributed by atoms with Gasteiger partial charge in [0.05, 0.1) is 32.7 Å². The van der Waals surface area contributed by atoms with Gasteiger partial charge >= 0.3 is 0 Å². The Kier molecular flexibility index (Phi) is 19.7. The van der Waals surface area contributed by atoms with Crippen molar-refractivity contribution >= 4 is 0 Å². The zero-order valence-electron chi connectivity index (χ0n) is 22.1. The first-order valence-corrected chi connectivity index (χ1v) is 12.8. The van der Waals surface area contributed by atoms with Crippen molar-refractivity contribution in [2.75, 3.05) is 46.2 Å². The lowest BCUT2D eigenvalue weighted by Gasteiger charge is -2.17. The van der Waals surface area contributed by atoms with E-state index in [4.69, 9.17) is 18.9 Å². The number of rotatable bonds is 21. The van der Waals surface area contributed by atoms with E-state index in [0.29, 0.717) is 36.2 Å². The molecule has 0 spiro atoms. The lowest BCUT2D eigenvalue weighted by atomic mass is 9.99. The van der Waals surface area contributed by atoms with Crippen LogP contribution in [0.3, 0.4) is 0 Å². The van der Waals surface area contributed by atoms with Crippen molar-refractivity contribution in [1.82, 2.24) is 0 Å². The van der Waals surface area contributed by atoms with Crippen LogP contribution >= 0.6 is 0 Å². The van der Waals surface area contributed by atoms with Crippen molar-refractivity contribution in [3.8, 4) is 0 Å². The Labute approximate surface area is 194 Å². The van der Waals surface area contributed by atoms with Crippen molar-refractivity contribution < 1.29 is 18.9 Å². The monoisotopic (exact) mass is 442 g/mol. The summed E-state index contributed by atoms with van der Waals surface area (Å²) in [6.07, 6.45) is 7.90. The fraction of sp³-hybridized carbons (Fsp3) is 0.926. The third kappa shape index (κ3) is 19.8. The van der Waals surface area contributed by atoms with Crippen LogP contribution in [0.2, 0.25) is 0 Å². The first kappa shape index (κ1) is 30.4. The van der Waals surface area contributed by atoms with Crippen LogP contribution < -0.4 is 0 Å². The van der Waals surface area contributed by atoms with E-state index in [1.54, 1.807) is 0 Å². The Morgan fingerprint density at radius 3 is 1.61 bits per heavy atom. The Bertz CT molecular complexity index is 423. The van der Waals surface area contributed by atoms with Gasteiger partial charge in [-0.05, 0) is 49.0 Å². The molecule has 4 heteroatoms. The topological polar surface area (TPSA) is 36.9 Å². The second kappa shape index (κ2) is 20.1. The molecule has 0 amide bonds. The maximum atomic E-state index is 5.94. The Hall–Kier alpha value is -0.580. The normalized spacial score (nSPS) is 17.2. The average Bonchev–Trinajstić information content (AvgIpc) is 2.73. The van der Waals surface area contributed by atoms with Gasteiger partial charge in [-0.3, -0.25) is 0 Å². The molecule has 0 aliphatic carbocycles. The summed E-state index contributed by atoms with van der Waals surface area (Å²) in [5.74, 6) is 2.93. The summed E-state index contributed by atoms with van der Waals surface area (Å²) in [5.41, 5.74) is 1.13. The van der Waals surface area contributed by atoms with Crippen molar-refractivity contribution in [3.05, 3.63) is 11.8 Å². The third-order valence-corrected chi connectivity index (χ3v) is 5.79. The van der Waals surface area contributed by atoms with Crippen molar-refractivity contribution in [3.63, 3.8) is 0 Å². The van der Waals surface area contributed by atoms with Crippen LogP contribution in [0.4, 0.5) is 0 Å². The zero-order valence-corrected chi connectivity index (χ0v) is 22.1. The van der Waals surface area contributed by atoms with Gasteiger partial charge in [0.25, 0.3) is 0 Å². The molecule has 0 aliphatic heterocycles. The molecule has 0 aliphatic rings. The minimum Gasteiger partial charge on any atom is -0.501 e. The van der Waals surface area contributed by atoms with Crippen molar-refractivity contribution in [2.45, 2.75) is 87.5 Å². The van der Waals surface area contributed by atoms with E-state index in [0.717, 1.165) is 51.6 Å². The van der Waals surface area contributed by atoms with Gasteiger partial charge in [-0.15, -0.1) is 0 Å². The van der Waals surface area contributed by atoms with Crippen molar-refractivity contribution in [1.29, 1.82) is 0 Å². The summed E-state index contributed by atoms with van der Waals surface area (Å²) in [6, 6.07) is 0. The third-order valence-electron chi connectivity index (χ3n) is 5.79. The largest absolute Gasteiger partial charge is 0.501 e. The Morgan fingerprint density at radius 2 is 1.06 bits per heavy atom. The van der Waals surface area contributed by atoms with Crippen LogP contribution in [0, 0.1) is 29.6 Å². The van der Waals surface area contributed by atoms with Gasteiger partial charge in [0.1, 0.15) is 0 Å².